The lowest BCUT2D eigenvalue weighted by Crippen LogP contribution is -2.22. The fourth-order valence-electron chi connectivity index (χ4n) is 3.71. The number of carbonyl (C=O) groups excluding carboxylic acids is 1. The molecule has 0 aliphatic rings. The molecule has 0 spiro atoms. The lowest BCUT2D eigenvalue weighted by molar-refractivity contribution is -0.116. The van der Waals surface area contributed by atoms with Gasteiger partial charge in [0, 0.05) is 29.2 Å². The Balaban J connectivity index is 1.54. The molecule has 180 valence electrons. The average Bonchev–Trinajstić information content (AvgIpc) is 3.33. The second kappa shape index (κ2) is 9.14. The van der Waals surface area contributed by atoms with Gasteiger partial charge in [0.05, 0.1) is 5.39 Å². The topological polar surface area (TPSA) is 103 Å². The number of hydrogen-bond donors (Lipinski definition) is 1. The van der Waals surface area contributed by atoms with E-state index < -0.39 is 17.5 Å². The zero-order chi connectivity index (χ0) is 25.4. The van der Waals surface area contributed by atoms with Crippen molar-refractivity contribution in [3.05, 3.63) is 93.9 Å². The molecule has 8 nitrogen and oxygen atoms in total. The zero-order valence-corrected chi connectivity index (χ0v) is 19.3. The van der Waals surface area contributed by atoms with Crippen LogP contribution in [-0.2, 0) is 11.3 Å². The number of fused-ring (bicyclic) bond motifs is 1. The number of benzene rings is 2. The summed E-state index contributed by atoms with van der Waals surface area (Å²) in [6, 6.07) is 13.9. The van der Waals surface area contributed by atoms with Crippen LogP contribution >= 0.6 is 0 Å². The van der Waals surface area contributed by atoms with E-state index in [1.54, 1.807) is 19.1 Å². The van der Waals surface area contributed by atoms with Crippen LogP contribution in [0.15, 0.2) is 70.1 Å². The second-order valence-corrected chi connectivity index (χ2v) is 8.29. The molecule has 3 heterocycles. The highest BCUT2D eigenvalue weighted by atomic mass is 19.2. The van der Waals surface area contributed by atoms with Crippen LogP contribution in [0.1, 0.15) is 11.3 Å². The first-order valence-corrected chi connectivity index (χ1v) is 11.0. The Bertz CT molecular complexity index is 1680. The van der Waals surface area contributed by atoms with Crippen molar-refractivity contribution in [2.75, 3.05) is 5.32 Å². The molecule has 3 aromatic heterocycles. The maximum Gasteiger partial charge on any atom is 0.263 e. The third-order valence-corrected chi connectivity index (χ3v) is 5.54. The number of halogens is 2. The van der Waals surface area contributed by atoms with Crippen molar-refractivity contribution in [2.45, 2.75) is 20.4 Å². The van der Waals surface area contributed by atoms with Gasteiger partial charge in [-0.1, -0.05) is 35.0 Å². The minimum absolute atomic E-state index is 0.00665. The Hall–Kier alpha value is -4.73. The van der Waals surface area contributed by atoms with Crippen molar-refractivity contribution in [2.24, 2.45) is 0 Å². The summed E-state index contributed by atoms with van der Waals surface area (Å²) < 4.78 is 33.6. The summed E-state index contributed by atoms with van der Waals surface area (Å²) in [6.45, 7) is 3.45. The Kier molecular flexibility index (Phi) is 5.85. The zero-order valence-electron chi connectivity index (χ0n) is 19.3. The molecule has 2 aromatic carbocycles. The van der Waals surface area contributed by atoms with Gasteiger partial charge in [-0.15, -0.1) is 0 Å². The van der Waals surface area contributed by atoms with Crippen LogP contribution in [0.25, 0.3) is 33.9 Å². The van der Waals surface area contributed by atoms with Crippen molar-refractivity contribution < 1.29 is 18.1 Å². The average molecular weight is 487 g/mol. The number of rotatable bonds is 5. The van der Waals surface area contributed by atoms with Gasteiger partial charge in [0.15, 0.2) is 11.6 Å². The summed E-state index contributed by atoms with van der Waals surface area (Å²) in [7, 11) is 0. The van der Waals surface area contributed by atoms with Crippen LogP contribution in [0.2, 0.25) is 0 Å². The molecule has 0 saturated heterocycles. The quantitative estimate of drug-likeness (QED) is 0.387. The molecule has 0 aliphatic heterocycles. The lowest BCUT2D eigenvalue weighted by Gasteiger charge is -2.12. The predicted molar refractivity (Wildman–Crippen MR) is 129 cm³/mol. The molecule has 0 fully saturated rings. The molecular formula is C26H19F2N5O3. The maximum atomic E-state index is 13.5. The molecule has 1 amide bonds. The fraction of sp³-hybridized carbons (Fsp3) is 0.115. The van der Waals surface area contributed by atoms with Gasteiger partial charge in [0.1, 0.15) is 17.8 Å². The number of nitrogens with zero attached hydrogens (tertiary/aromatic N) is 4. The van der Waals surface area contributed by atoms with E-state index in [0.717, 1.165) is 23.3 Å². The van der Waals surface area contributed by atoms with Gasteiger partial charge in [-0.25, -0.2) is 13.8 Å². The number of nitrogens with one attached hydrogen (secondary N) is 1. The van der Waals surface area contributed by atoms with Gasteiger partial charge in [0.25, 0.3) is 5.89 Å². The molecule has 5 aromatic rings. The van der Waals surface area contributed by atoms with Gasteiger partial charge in [0.2, 0.25) is 17.2 Å². The number of anilines is 1. The van der Waals surface area contributed by atoms with E-state index in [9.17, 15) is 18.4 Å². The molecule has 0 radical (unpaired) electrons. The number of pyridine rings is 2. The standard InChI is InChI=1S/C26H19F2N5O3/c1-14-3-6-16(7-4-14)24-31-26(36-32-24)19-12-33(25-18(23(19)35)9-5-15(2)29-25)13-22(34)30-17-8-10-20(27)21(28)11-17/h3-12H,13H2,1-2H3,(H,30,34). The SMILES string of the molecule is Cc1ccc(-c2noc(-c3cn(CC(=O)Nc4ccc(F)c(F)c4)c4nc(C)ccc4c3=O)n2)cc1. The van der Waals surface area contributed by atoms with Crippen LogP contribution in [0.5, 0.6) is 0 Å². The highest BCUT2D eigenvalue weighted by molar-refractivity contribution is 5.91. The fourth-order valence-corrected chi connectivity index (χ4v) is 3.71. The van der Waals surface area contributed by atoms with Crippen molar-refractivity contribution in [3.63, 3.8) is 0 Å². The highest BCUT2D eigenvalue weighted by Gasteiger charge is 2.19. The number of carbonyl (C=O) groups is 1. The Morgan fingerprint density at radius 2 is 1.78 bits per heavy atom. The first kappa shape index (κ1) is 23.0. The van der Waals surface area contributed by atoms with Crippen LogP contribution in [0, 0.1) is 25.5 Å². The molecule has 10 heteroatoms. The summed E-state index contributed by atoms with van der Waals surface area (Å²) in [4.78, 5) is 34.8. The Morgan fingerprint density at radius 1 is 1.00 bits per heavy atom. The van der Waals surface area contributed by atoms with Crippen LogP contribution < -0.4 is 10.7 Å². The van der Waals surface area contributed by atoms with Crippen molar-refractivity contribution in [1.29, 1.82) is 0 Å². The van der Waals surface area contributed by atoms with Crippen molar-refractivity contribution in [1.82, 2.24) is 19.7 Å². The minimum atomic E-state index is -1.08. The predicted octanol–water partition coefficient (Wildman–Crippen LogP) is 4.65. The highest BCUT2D eigenvalue weighted by Crippen LogP contribution is 2.23. The molecule has 1 N–H and O–H groups in total. The Labute approximate surface area is 203 Å². The van der Waals surface area contributed by atoms with E-state index in [4.69, 9.17) is 4.52 Å². The van der Waals surface area contributed by atoms with E-state index in [0.29, 0.717) is 11.5 Å². The third kappa shape index (κ3) is 4.48. The molecule has 5 rings (SSSR count). The van der Waals surface area contributed by atoms with E-state index in [1.807, 2.05) is 31.2 Å². The van der Waals surface area contributed by atoms with Gasteiger partial charge in [-0.3, -0.25) is 9.59 Å². The van der Waals surface area contributed by atoms with Crippen LogP contribution in [-0.4, -0.2) is 25.6 Å². The van der Waals surface area contributed by atoms with Crippen molar-refractivity contribution in [3.8, 4) is 22.8 Å². The molecule has 0 saturated carbocycles. The van der Waals surface area contributed by atoms with E-state index in [1.165, 1.54) is 16.8 Å². The lowest BCUT2D eigenvalue weighted by atomic mass is 10.1. The molecule has 0 bridgehead atoms. The summed E-state index contributed by atoms with van der Waals surface area (Å²) in [5.74, 6) is -2.33. The minimum Gasteiger partial charge on any atom is -0.333 e. The first-order chi connectivity index (χ1) is 17.3. The van der Waals surface area contributed by atoms with E-state index >= 15 is 0 Å². The molecule has 36 heavy (non-hydrogen) atoms. The van der Waals surface area contributed by atoms with Gasteiger partial charge in [-0.05, 0) is 38.1 Å². The van der Waals surface area contributed by atoms with E-state index in [-0.39, 0.29) is 40.1 Å². The Morgan fingerprint density at radius 3 is 2.53 bits per heavy atom. The number of aromatic nitrogens is 4. The van der Waals surface area contributed by atoms with Crippen LogP contribution in [0.3, 0.4) is 0 Å². The normalized spacial score (nSPS) is 11.1. The summed E-state index contributed by atoms with van der Waals surface area (Å²) in [5.41, 5.74) is 2.53. The first-order valence-electron chi connectivity index (χ1n) is 11.0. The van der Waals surface area contributed by atoms with Crippen LogP contribution in [0.4, 0.5) is 14.5 Å². The largest absolute Gasteiger partial charge is 0.333 e. The molecular weight excluding hydrogens is 468 g/mol. The number of aryl methyl sites for hydroxylation is 2. The van der Waals surface area contributed by atoms with Gasteiger partial charge in [-0.2, -0.15) is 4.98 Å². The molecule has 0 unspecified atom stereocenters. The second-order valence-electron chi connectivity index (χ2n) is 8.29. The third-order valence-electron chi connectivity index (χ3n) is 5.54. The maximum absolute atomic E-state index is 13.5. The molecule has 0 atom stereocenters. The molecule has 0 aliphatic carbocycles. The monoisotopic (exact) mass is 487 g/mol. The smallest absolute Gasteiger partial charge is 0.263 e. The van der Waals surface area contributed by atoms with Crippen molar-refractivity contribution >= 4 is 22.6 Å². The number of hydrogen-bond acceptors (Lipinski definition) is 6. The number of amides is 1. The van der Waals surface area contributed by atoms with Gasteiger partial charge < -0.3 is 14.4 Å². The summed E-state index contributed by atoms with van der Waals surface area (Å²) in [5, 5.41) is 6.77. The van der Waals surface area contributed by atoms with E-state index in [2.05, 4.69) is 20.4 Å². The van der Waals surface area contributed by atoms with Gasteiger partial charge >= 0.3 is 0 Å². The summed E-state index contributed by atoms with van der Waals surface area (Å²) in [6.07, 6.45) is 1.42. The summed E-state index contributed by atoms with van der Waals surface area (Å²) >= 11 is 0.